The molecule has 46 heavy (non-hydrogen) atoms. The Morgan fingerprint density at radius 2 is 1.74 bits per heavy atom. The van der Waals surface area contributed by atoms with Gasteiger partial charge in [0.05, 0.1) is 24.4 Å². The van der Waals surface area contributed by atoms with Crippen molar-refractivity contribution in [3.05, 3.63) is 0 Å². The minimum atomic E-state index is -1.46. The molecule has 0 aromatic rings. The van der Waals surface area contributed by atoms with Gasteiger partial charge in [-0.3, -0.25) is 19.3 Å². The summed E-state index contributed by atoms with van der Waals surface area (Å²) in [7, 11) is 11.2. The highest BCUT2D eigenvalue weighted by atomic mass is 16.7. The number of aliphatic hydroxyl groups is 1. The van der Waals surface area contributed by atoms with Gasteiger partial charge in [0.25, 0.3) is 0 Å². The first-order valence-electron chi connectivity index (χ1n) is 16.9. The number of likely N-dealkylation sites (tertiary alicyclic amines) is 1. The van der Waals surface area contributed by atoms with Crippen molar-refractivity contribution in [2.45, 2.75) is 103 Å². The molecule has 0 spiro atoms. The van der Waals surface area contributed by atoms with Gasteiger partial charge in [0.2, 0.25) is 5.91 Å². The Bertz CT molecular complexity index is 1060. The summed E-state index contributed by atoms with van der Waals surface area (Å²) in [5.74, 6) is -1.42. The molecular weight excluding hydrogens is 592 g/mol. The molecule has 3 fully saturated rings. The molecule has 12 heteroatoms. The van der Waals surface area contributed by atoms with E-state index in [0.717, 1.165) is 6.42 Å². The van der Waals surface area contributed by atoms with E-state index in [-0.39, 0.29) is 48.3 Å². The van der Waals surface area contributed by atoms with Crippen molar-refractivity contribution < 1.29 is 38.4 Å². The van der Waals surface area contributed by atoms with Crippen LogP contribution in [0.4, 0.5) is 0 Å². The molecular formula is C34H62N4O8. The number of cyclic esters (lactones) is 1. The SMILES string of the molecule is CO[C@]1(C)C[C@@H](C)CN(C)[C@@H]([C@H]2CCN(C(=O)CN(C)C)C2)COC(=O)C(C)(C)C(=O)[C@H](C)[C@H]1O[C@@H]1O[C@H](C)C[C@H](N(C)C)[C@H]1O. The average molecular weight is 655 g/mol. The van der Waals surface area contributed by atoms with Crippen LogP contribution in [0, 0.1) is 23.2 Å². The van der Waals surface area contributed by atoms with Gasteiger partial charge in [0, 0.05) is 44.7 Å². The predicted octanol–water partition coefficient (Wildman–Crippen LogP) is 1.73. The molecule has 1 amide bonds. The van der Waals surface area contributed by atoms with Crippen LogP contribution in [0.5, 0.6) is 0 Å². The molecule has 0 bridgehead atoms. The summed E-state index contributed by atoms with van der Waals surface area (Å²) in [5, 5.41) is 11.3. The number of likely N-dealkylation sites (N-methyl/N-ethyl adjacent to an activating group) is 3. The summed E-state index contributed by atoms with van der Waals surface area (Å²) < 4.78 is 24.9. The number of esters is 1. The van der Waals surface area contributed by atoms with Gasteiger partial charge in [0.1, 0.15) is 18.1 Å². The highest BCUT2D eigenvalue weighted by molar-refractivity contribution is 6.04. The van der Waals surface area contributed by atoms with Crippen molar-refractivity contribution in [2.24, 2.45) is 23.2 Å². The molecule has 3 aliphatic rings. The lowest BCUT2D eigenvalue weighted by Crippen LogP contribution is -2.59. The summed E-state index contributed by atoms with van der Waals surface area (Å²) in [5.41, 5.74) is -2.42. The van der Waals surface area contributed by atoms with Crippen LogP contribution in [0.1, 0.15) is 60.8 Å². The van der Waals surface area contributed by atoms with Gasteiger partial charge in [-0.2, -0.15) is 0 Å². The molecule has 3 heterocycles. The van der Waals surface area contributed by atoms with E-state index in [9.17, 15) is 19.5 Å². The topological polar surface area (TPSA) is 121 Å². The maximum absolute atomic E-state index is 14.2. The Morgan fingerprint density at radius 3 is 2.33 bits per heavy atom. The first-order chi connectivity index (χ1) is 21.3. The second-order valence-electron chi connectivity index (χ2n) is 15.5. The minimum absolute atomic E-state index is 0.0890. The highest BCUT2D eigenvalue weighted by Crippen LogP contribution is 2.38. The third kappa shape index (κ3) is 8.86. The van der Waals surface area contributed by atoms with Gasteiger partial charge in [-0.05, 0) is 94.0 Å². The molecule has 3 rings (SSSR count). The first-order valence-corrected chi connectivity index (χ1v) is 16.9. The molecule has 0 aromatic carbocycles. The Kier molecular flexibility index (Phi) is 13.2. The third-order valence-electron chi connectivity index (χ3n) is 10.5. The van der Waals surface area contributed by atoms with Gasteiger partial charge in [-0.15, -0.1) is 0 Å². The number of ether oxygens (including phenoxy) is 4. The fourth-order valence-corrected chi connectivity index (χ4v) is 7.76. The van der Waals surface area contributed by atoms with E-state index in [4.69, 9.17) is 18.9 Å². The standard InChI is InChI=1S/C34H62N4O8/c1-21-16-34(6,43-12)30(46-31-28(40)25(36(9)10)15-22(2)45-31)23(3)29(41)33(4,5)32(42)44-20-26(37(11)17-21)24-13-14-38(18-24)27(39)19-35(7)8/h21-26,28,30-31,40H,13-20H2,1-12H3/t21-,22-,23+,24+,25+,26-,28-,30-,31+,34-/m1/s1. The Balaban J connectivity index is 1.95. The van der Waals surface area contributed by atoms with Crippen molar-refractivity contribution >= 4 is 17.7 Å². The predicted molar refractivity (Wildman–Crippen MR) is 175 cm³/mol. The van der Waals surface area contributed by atoms with Crippen molar-refractivity contribution in [3.63, 3.8) is 0 Å². The van der Waals surface area contributed by atoms with E-state index in [1.54, 1.807) is 27.9 Å². The van der Waals surface area contributed by atoms with Crippen LogP contribution in [0.3, 0.4) is 0 Å². The lowest BCUT2D eigenvalue weighted by Gasteiger charge is -2.47. The van der Waals surface area contributed by atoms with Crippen LogP contribution in [0.25, 0.3) is 0 Å². The third-order valence-corrected chi connectivity index (χ3v) is 10.5. The molecule has 0 saturated carbocycles. The second-order valence-corrected chi connectivity index (χ2v) is 15.5. The second kappa shape index (κ2) is 15.7. The number of carbonyl (C=O) groups excluding carboxylic acids is 3. The summed E-state index contributed by atoms with van der Waals surface area (Å²) in [4.78, 5) is 48.7. The summed E-state index contributed by atoms with van der Waals surface area (Å²) >= 11 is 0. The number of Topliss-reactive ketones (excluding diaryl/α,β-unsaturated/α-hetero) is 1. The van der Waals surface area contributed by atoms with Crippen molar-refractivity contribution in [3.8, 4) is 0 Å². The number of nitrogens with zero attached hydrogens (tertiary/aromatic N) is 4. The quantitative estimate of drug-likeness (QED) is 0.319. The Labute approximate surface area is 277 Å². The fourth-order valence-electron chi connectivity index (χ4n) is 7.76. The van der Waals surface area contributed by atoms with Crippen molar-refractivity contribution in [1.29, 1.82) is 0 Å². The number of rotatable bonds is 7. The summed E-state index contributed by atoms with van der Waals surface area (Å²) in [6.45, 7) is 13.4. The molecule has 12 nitrogen and oxygen atoms in total. The van der Waals surface area contributed by atoms with Crippen LogP contribution in [-0.4, -0.2) is 160 Å². The normalized spacial score (nSPS) is 38.8. The van der Waals surface area contributed by atoms with Gasteiger partial charge in [-0.25, -0.2) is 0 Å². The number of amides is 1. The smallest absolute Gasteiger partial charge is 0.319 e. The maximum atomic E-state index is 14.2. The number of hydrogen-bond acceptors (Lipinski definition) is 11. The van der Waals surface area contributed by atoms with Crippen LogP contribution in [0.2, 0.25) is 0 Å². The average Bonchev–Trinajstić information content (AvgIpc) is 3.45. The monoisotopic (exact) mass is 654 g/mol. The number of carbonyl (C=O) groups is 3. The van der Waals surface area contributed by atoms with E-state index >= 15 is 0 Å². The lowest BCUT2D eigenvalue weighted by molar-refractivity contribution is -0.295. The summed E-state index contributed by atoms with van der Waals surface area (Å²) in [6, 6.07) is -0.326. The van der Waals surface area contributed by atoms with Crippen molar-refractivity contribution in [1.82, 2.24) is 19.6 Å². The molecule has 1 N–H and O–H groups in total. The molecule has 10 atom stereocenters. The first kappa shape index (κ1) is 38.8. The Hall–Kier alpha value is -1.67. The van der Waals surface area contributed by atoms with Crippen LogP contribution in [-0.2, 0) is 33.3 Å². The van der Waals surface area contributed by atoms with Gasteiger partial charge in [0.15, 0.2) is 12.1 Å². The summed E-state index contributed by atoms with van der Waals surface area (Å²) in [6.07, 6.45) is -0.944. The van der Waals surface area contributed by atoms with Gasteiger partial charge < -0.3 is 38.8 Å². The minimum Gasteiger partial charge on any atom is -0.463 e. The van der Waals surface area contributed by atoms with Crippen molar-refractivity contribution in [2.75, 3.05) is 75.1 Å². The van der Waals surface area contributed by atoms with E-state index in [2.05, 4.69) is 11.8 Å². The van der Waals surface area contributed by atoms with Crippen LogP contribution < -0.4 is 0 Å². The zero-order valence-corrected chi connectivity index (χ0v) is 30.4. The number of aliphatic hydroxyl groups excluding tert-OH is 1. The molecule has 3 saturated heterocycles. The Morgan fingerprint density at radius 1 is 1.09 bits per heavy atom. The van der Waals surface area contributed by atoms with E-state index in [1.807, 2.05) is 63.8 Å². The number of hydrogen-bond donors (Lipinski definition) is 1. The molecule has 0 unspecified atom stereocenters. The highest BCUT2D eigenvalue weighted by Gasteiger charge is 2.51. The van der Waals surface area contributed by atoms with E-state index in [1.165, 1.54) is 0 Å². The van der Waals surface area contributed by atoms with Gasteiger partial charge in [-0.1, -0.05) is 13.8 Å². The van der Waals surface area contributed by atoms with E-state index in [0.29, 0.717) is 39.0 Å². The number of methoxy groups -OCH3 is 1. The number of ketones is 1. The molecule has 266 valence electrons. The molecule has 0 aliphatic carbocycles. The maximum Gasteiger partial charge on any atom is 0.319 e. The lowest BCUT2D eigenvalue weighted by atomic mass is 9.74. The molecule has 0 radical (unpaired) electrons. The van der Waals surface area contributed by atoms with E-state index < -0.39 is 41.4 Å². The molecule has 3 aliphatic heterocycles. The zero-order valence-electron chi connectivity index (χ0n) is 30.4. The largest absolute Gasteiger partial charge is 0.463 e. The van der Waals surface area contributed by atoms with Gasteiger partial charge >= 0.3 is 5.97 Å². The fraction of sp³-hybridized carbons (Fsp3) is 0.912. The van der Waals surface area contributed by atoms with Crippen LogP contribution in [0.15, 0.2) is 0 Å². The zero-order chi connectivity index (χ0) is 34.7. The van der Waals surface area contributed by atoms with Crippen LogP contribution >= 0.6 is 0 Å². The molecule has 0 aromatic heterocycles.